The quantitative estimate of drug-likeness (QED) is 0.412. The number of carbonyl (C=O) groups is 1. The third kappa shape index (κ3) is 3.94. The highest BCUT2D eigenvalue weighted by Crippen LogP contribution is 2.36. The summed E-state index contributed by atoms with van der Waals surface area (Å²) < 4.78 is 11.7. The number of benzene rings is 2. The molecular formula is C22H18ClN3O3S. The predicted molar refractivity (Wildman–Crippen MR) is 119 cm³/mol. The maximum atomic E-state index is 13.6. The average Bonchev–Trinajstić information content (AvgIpc) is 3.21. The molecule has 4 aromatic rings. The Bertz CT molecular complexity index is 1200. The first kappa shape index (κ1) is 20.1. The van der Waals surface area contributed by atoms with Crippen molar-refractivity contribution in [2.24, 2.45) is 0 Å². The van der Waals surface area contributed by atoms with E-state index in [-0.39, 0.29) is 5.91 Å². The molecule has 6 nitrogen and oxygen atoms in total. The van der Waals surface area contributed by atoms with Crippen molar-refractivity contribution in [2.75, 3.05) is 19.1 Å². The minimum absolute atomic E-state index is 0.267. The maximum absolute atomic E-state index is 13.6. The number of hydrogen-bond donors (Lipinski definition) is 0. The molecular weight excluding hydrogens is 422 g/mol. The zero-order valence-electron chi connectivity index (χ0n) is 16.3. The number of amides is 1. The molecule has 0 aliphatic heterocycles. The zero-order valence-corrected chi connectivity index (χ0v) is 17.9. The van der Waals surface area contributed by atoms with E-state index in [1.165, 1.54) is 18.4 Å². The van der Waals surface area contributed by atoms with Crippen molar-refractivity contribution in [2.45, 2.75) is 6.54 Å². The molecule has 0 aliphatic carbocycles. The van der Waals surface area contributed by atoms with Gasteiger partial charge in [-0.25, -0.2) is 4.98 Å². The Hall–Kier alpha value is -3.16. The molecule has 4 rings (SSSR count). The fourth-order valence-electron chi connectivity index (χ4n) is 3.08. The molecule has 0 spiro atoms. The Morgan fingerprint density at radius 2 is 1.93 bits per heavy atom. The van der Waals surface area contributed by atoms with Gasteiger partial charge < -0.3 is 9.47 Å². The van der Waals surface area contributed by atoms with E-state index in [4.69, 9.17) is 26.1 Å². The third-order valence-electron chi connectivity index (χ3n) is 4.52. The van der Waals surface area contributed by atoms with Crippen molar-refractivity contribution in [3.63, 3.8) is 0 Å². The van der Waals surface area contributed by atoms with E-state index in [1.807, 2.05) is 30.3 Å². The number of hydrogen-bond acceptors (Lipinski definition) is 6. The summed E-state index contributed by atoms with van der Waals surface area (Å²) in [5.41, 5.74) is 1.94. The molecule has 0 saturated carbocycles. The summed E-state index contributed by atoms with van der Waals surface area (Å²) in [6.45, 7) is 0.296. The molecule has 0 fully saturated rings. The number of para-hydroxylation sites is 1. The van der Waals surface area contributed by atoms with Gasteiger partial charge >= 0.3 is 0 Å². The highest BCUT2D eigenvalue weighted by atomic mass is 35.5. The van der Waals surface area contributed by atoms with Crippen LogP contribution in [-0.2, 0) is 6.54 Å². The minimum Gasteiger partial charge on any atom is -0.496 e. The van der Waals surface area contributed by atoms with E-state index in [2.05, 4.69) is 4.98 Å². The molecule has 0 bridgehead atoms. The number of methoxy groups -OCH3 is 2. The van der Waals surface area contributed by atoms with E-state index in [1.54, 1.807) is 42.6 Å². The van der Waals surface area contributed by atoms with Gasteiger partial charge in [0.1, 0.15) is 17.0 Å². The Morgan fingerprint density at radius 1 is 1.10 bits per heavy atom. The number of rotatable bonds is 6. The second-order valence-electron chi connectivity index (χ2n) is 6.40. The molecule has 0 saturated heterocycles. The molecule has 8 heteroatoms. The van der Waals surface area contributed by atoms with Gasteiger partial charge in [0.15, 0.2) is 5.13 Å². The van der Waals surface area contributed by atoms with Crippen molar-refractivity contribution < 1.29 is 14.3 Å². The van der Waals surface area contributed by atoms with Gasteiger partial charge in [-0.05, 0) is 42.0 Å². The zero-order chi connectivity index (χ0) is 21.1. The van der Waals surface area contributed by atoms with Crippen molar-refractivity contribution in [3.05, 3.63) is 77.1 Å². The van der Waals surface area contributed by atoms with Crippen LogP contribution in [0, 0.1) is 0 Å². The van der Waals surface area contributed by atoms with Gasteiger partial charge in [0.2, 0.25) is 0 Å². The lowest BCUT2D eigenvalue weighted by Crippen LogP contribution is -2.30. The van der Waals surface area contributed by atoms with Gasteiger partial charge in [0.25, 0.3) is 5.91 Å². The van der Waals surface area contributed by atoms with Gasteiger partial charge in [0.05, 0.1) is 31.0 Å². The summed E-state index contributed by atoms with van der Waals surface area (Å²) in [5.74, 6) is 0.833. The summed E-state index contributed by atoms with van der Waals surface area (Å²) >= 11 is 7.58. The first-order valence-corrected chi connectivity index (χ1v) is 10.3. The van der Waals surface area contributed by atoms with Crippen LogP contribution < -0.4 is 14.4 Å². The highest BCUT2D eigenvalue weighted by Gasteiger charge is 2.25. The summed E-state index contributed by atoms with van der Waals surface area (Å²) in [5, 5.41) is 0.997. The Labute approximate surface area is 182 Å². The van der Waals surface area contributed by atoms with Crippen LogP contribution in [0.3, 0.4) is 0 Å². The van der Waals surface area contributed by atoms with Gasteiger partial charge in [-0.3, -0.25) is 14.7 Å². The first-order valence-electron chi connectivity index (χ1n) is 9.08. The largest absolute Gasteiger partial charge is 0.496 e. The molecule has 0 N–H and O–H groups in total. The SMILES string of the molecule is COc1ccc(Cl)cc1C(=O)N(Cc1cccnc1)c1nc2c(OC)cccc2s1. The number of thiazole rings is 1. The number of nitrogens with zero attached hydrogens (tertiary/aromatic N) is 3. The van der Waals surface area contributed by atoms with Gasteiger partial charge in [-0.2, -0.15) is 0 Å². The number of ether oxygens (including phenoxy) is 2. The van der Waals surface area contributed by atoms with Crippen molar-refractivity contribution in [3.8, 4) is 11.5 Å². The topological polar surface area (TPSA) is 64.5 Å². The maximum Gasteiger partial charge on any atom is 0.264 e. The van der Waals surface area contributed by atoms with Crippen molar-refractivity contribution in [1.29, 1.82) is 0 Å². The van der Waals surface area contributed by atoms with Crippen LogP contribution >= 0.6 is 22.9 Å². The van der Waals surface area contributed by atoms with Gasteiger partial charge in [-0.1, -0.05) is 35.1 Å². The second kappa shape index (κ2) is 8.69. The summed E-state index contributed by atoms with van der Waals surface area (Å²) in [6.07, 6.45) is 3.42. The van der Waals surface area contributed by atoms with E-state index in [9.17, 15) is 4.79 Å². The fraction of sp³-hybridized carbons (Fsp3) is 0.136. The van der Waals surface area contributed by atoms with Crippen LogP contribution in [0.2, 0.25) is 5.02 Å². The van der Waals surface area contributed by atoms with E-state index < -0.39 is 0 Å². The fourth-order valence-corrected chi connectivity index (χ4v) is 4.24. The van der Waals surface area contributed by atoms with Crippen LogP contribution in [-0.4, -0.2) is 30.1 Å². The Kier molecular flexibility index (Phi) is 5.83. The number of fused-ring (bicyclic) bond motifs is 1. The van der Waals surface area contributed by atoms with Crippen LogP contribution in [0.4, 0.5) is 5.13 Å². The number of aromatic nitrogens is 2. The number of halogens is 1. The highest BCUT2D eigenvalue weighted by molar-refractivity contribution is 7.22. The Morgan fingerprint density at radius 3 is 2.67 bits per heavy atom. The normalized spacial score (nSPS) is 10.8. The molecule has 2 aromatic heterocycles. The van der Waals surface area contributed by atoms with E-state index in [0.717, 1.165) is 10.3 Å². The van der Waals surface area contributed by atoms with Gasteiger partial charge in [0, 0.05) is 17.4 Å². The molecule has 0 radical (unpaired) electrons. The molecule has 2 aromatic carbocycles. The lowest BCUT2D eigenvalue weighted by Gasteiger charge is -2.21. The molecule has 152 valence electrons. The lowest BCUT2D eigenvalue weighted by atomic mass is 10.1. The number of pyridine rings is 1. The molecule has 0 aliphatic rings. The average molecular weight is 440 g/mol. The molecule has 1 amide bonds. The molecule has 30 heavy (non-hydrogen) atoms. The van der Waals surface area contributed by atoms with Crippen LogP contribution in [0.15, 0.2) is 60.9 Å². The van der Waals surface area contributed by atoms with Crippen LogP contribution in [0.25, 0.3) is 10.2 Å². The number of anilines is 1. The standard InChI is InChI=1S/C22H18ClN3O3S/c1-28-17-9-8-15(23)11-16(17)21(27)26(13-14-5-4-10-24-12-14)22-25-20-18(29-2)6-3-7-19(20)30-22/h3-12H,13H2,1-2H3. The van der Waals surface area contributed by atoms with Crippen LogP contribution in [0.1, 0.15) is 15.9 Å². The van der Waals surface area contributed by atoms with Crippen molar-refractivity contribution >= 4 is 44.2 Å². The smallest absolute Gasteiger partial charge is 0.264 e. The molecule has 0 atom stereocenters. The minimum atomic E-state index is -0.267. The summed E-state index contributed by atoms with van der Waals surface area (Å²) in [7, 11) is 3.12. The van der Waals surface area contributed by atoms with Gasteiger partial charge in [-0.15, -0.1) is 0 Å². The summed E-state index contributed by atoms with van der Waals surface area (Å²) in [6, 6.07) is 14.4. The predicted octanol–water partition coefficient (Wildman–Crippen LogP) is 5.21. The van der Waals surface area contributed by atoms with E-state index >= 15 is 0 Å². The van der Waals surface area contributed by atoms with Crippen molar-refractivity contribution in [1.82, 2.24) is 9.97 Å². The van der Waals surface area contributed by atoms with Crippen LogP contribution in [0.5, 0.6) is 11.5 Å². The third-order valence-corrected chi connectivity index (χ3v) is 5.80. The molecule has 0 unspecified atom stereocenters. The molecule has 2 heterocycles. The Balaban J connectivity index is 1.83. The second-order valence-corrected chi connectivity index (χ2v) is 7.85. The monoisotopic (exact) mass is 439 g/mol. The lowest BCUT2D eigenvalue weighted by molar-refractivity contribution is 0.0982. The summed E-state index contributed by atoms with van der Waals surface area (Å²) in [4.78, 5) is 24.1. The first-order chi connectivity index (χ1) is 14.6. The van der Waals surface area contributed by atoms with E-state index in [0.29, 0.717) is 39.3 Å². The number of carbonyl (C=O) groups excluding carboxylic acids is 1.